The fourth-order valence-corrected chi connectivity index (χ4v) is 3.69. The summed E-state index contributed by atoms with van der Waals surface area (Å²) < 4.78 is 16.1. The average molecular weight is 443 g/mol. The highest BCUT2D eigenvalue weighted by Gasteiger charge is 2.10. The van der Waals surface area contributed by atoms with Crippen LogP contribution < -0.4 is 10.1 Å². The van der Waals surface area contributed by atoms with Crippen molar-refractivity contribution in [3.8, 4) is 17.4 Å². The summed E-state index contributed by atoms with van der Waals surface area (Å²) >= 11 is 1.12. The third kappa shape index (κ3) is 4.03. The van der Waals surface area contributed by atoms with Crippen molar-refractivity contribution in [2.45, 2.75) is 13.8 Å². The van der Waals surface area contributed by atoms with E-state index in [1.54, 1.807) is 61.7 Å². The first-order valence-electron chi connectivity index (χ1n) is 9.73. The number of benzene rings is 2. The Kier molecular flexibility index (Phi) is 5.04. The van der Waals surface area contributed by atoms with Crippen LogP contribution in [0.3, 0.4) is 0 Å². The largest absolute Gasteiger partial charge is 0.439 e. The van der Waals surface area contributed by atoms with Gasteiger partial charge in [0.25, 0.3) is 5.91 Å². The van der Waals surface area contributed by atoms with E-state index < -0.39 is 0 Å². The Hall–Kier alpha value is -4.18. The summed E-state index contributed by atoms with van der Waals surface area (Å²) in [5.74, 6) is 2.87. The summed E-state index contributed by atoms with van der Waals surface area (Å²) in [4.78, 5) is 25.6. The molecule has 0 aliphatic rings. The summed E-state index contributed by atoms with van der Waals surface area (Å²) in [6.45, 7) is 3.71. The molecular formula is C22H17N7O2S. The number of amides is 1. The standard InChI is InChI=1S/C22H17N7O2S/c1-13-24-20(29-10-9-23-14(29)2)12-21(25-13)31-17-6-4-16(5-7-17)26-22(30)15-3-8-18-19(11-15)28-32-27-18/h3-12H,1-2H3,(H,26,30). The van der Waals surface area contributed by atoms with E-state index in [2.05, 4.69) is 29.0 Å². The fourth-order valence-electron chi connectivity index (χ4n) is 3.17. The molecule has 3 aromatic heterocycles. The molecule has 1 amide bonds. The van der Waals surface area contributed by atoms with Gasteiger partial charge in [-0.2, -0.15) is 13.7 Å². The Balaban J connectivity index is 1.30. The van der Waals surface area contributed by atoms with Crippen LogP contribution in [0, 0.1) is 13.8 Å². The third-order valence-electron chi connectivity index (χ3n) is 4.72. The van der Waals surface area contributed by atoms with E-state index >= 15 is 0 Å². The van der Waals surface area contributed by atoms with Gasteiger partial charge in [-0.05, 0) is 56.3 Å². The van der Waals surface area contributed by atoms with E-state index in [4.69, 9.17) is 4.74 Å². The summed E-state index contributed by atoms with van der Waals surface area (Å²) in [7, 11) is 0. The Labute approximate surface area is 187 Å². The van der Waals surface area contributed by atoms with Crippen LogP contribution >= 0.6 is 11.7 Å². The van der Waals surface area contributed by atoms with Gasteiger partial charge in [0.15, 0.2) is 0 Å². The van der Waals surface area contributed by atoms with E-state index in [0.29, 0.717) is 40.0 Å². The summed E-state index contributed by atoms with van der Waals surface area (Å²) in [5, 5.41) is 2.87. The Bertz CT molecular complexity index is 1430. The molecule has 2 aromatic carbocycles. The normalized spacial score (nSPS) is 10.9. The van der Waals surface area contributed by atoms with Crippen molar-refractivity contribution < 1.29 is 9.53 Å². The molecule has 0 radical (unpaired) electrons. The summed E-state index contributed by atoms with van der Waals surface area (Å²) in [6.07, 6.45) is 3.55. The molecule has 3 heterocycles. The van der Waals surface area contributed by atoms with E-state index in [9.17, 15) is 4.79 Å². The van der Waals surface area contributed by atoms with Gasteiger partial charge in [0.2, 0.25) is 5.88 Å². The zero-order valence-electron chi connectivity index (χ0n) is 17.2. The number of aryl methyl sites for hydroxylation is 2. The van der Waals surface area contributed by atoms with Crippen molar-refractivity contribution in [2.24, 2.45) is 0 Å². The van der Waals surface area contributed by atoms with Crippen molar-refractivity contribution >= 4 is 34.4 Å². The van der Waals surface area contributed by atoms with Gasteiger partial charge in [0.05, 0.1) is 11.7 Å². The van der Waals surface area contributed by atoms with E-state index in [1.807, 2.05) is 17.7 Å². The minimum absolute atomic E-state index is 0.222. The van der Waals surface area contributed by atoms with Crippen LogP contribution in [0.5, 0.6) is 11.6 Å². The predicted molar refractivity (Wildman–Crippen MR) is 121 cm³/mol. The van der Waals surface area contributed by atoms with Crippen LogP contribution in [0.25, 0.3) is 16.9 Å². The highest BCUT2D eigenvalue weighted by molar-refractivity contribution is 7.00. The molecule has 5 rings (SSSR count). The second-order valence-electron chi connectivity index (χ2n) is 7.00. The van der Waals surface area contributed by atoms with E-state index in [0.717, 1.165) is 23.1 Å². The number of fused-ring (bicyclic) bond motifs is 1. The number of ether oxygens (including phenoxy) is 1. The Morgan fingerprint density at radius 2 is 1.81 bits per heavy atom. The molecule has 0 aliphatic carbocycles. The number of hydrogen-bond acceptors (Lipinski definition) is 8. The molecule has 0 fully saturated rings. The van der Waals surface area contributed by atoms with Crippen LogP contribution in [0.4, 0.5) is 5.69 Å². The molecule has 0 bridgehead atoms. The zero-order valence-corrected chi connectivity index (χ0v) is 18.0. The molecule has 0 atom stereocenters. The number of carbonyl (C=O) groups excluding carboxylic acids is 1. The number of imidazole rings is 1. The molecule has 0 unspecified atom stereocenters. The lowest BCUT2D eigenvalue weighted by Gasteiger charge is -2.10. The van der Waals surface area contributed by atoms with Gasteiger partial charge in [0, 0.05) is 29.7 Å². The number of nitrogens with zero attached hydrogens (tertiary/aromatic N) is 6. The monoisotopic (exact) mass is 443 g/mol. The quantitative estimate of drug-likeness (QED) is 0.431. The van der Waals surface area contributed by atoms with Crippen LogP contribution in [0.15, 0.2) is 60.9 Å². The Morgan fingerprint density at radius 1 is 1.00 bits per heavy atom. The van der Waals surface area contributed by atoms with Gasteiger partial charge >= 0.3 is 0 Å². The van der Waals surface area contributed by atoms with E-state index in [1.165, 1.54) is 0 Å². The molecule has 10 heteroatoms. The fraction of sp³-hybridized carbons (Fsp3) is 0.0909. The minimum Gasteiger partial charge on any atom is -0.439 e. The molecule has 0 saturated carbocycles. The molecule has 0 aliphatic heterocycles. The molecule has 0 saturated heterocycles. The van der Waals surface area contributed by atoms with Crippen molar-refractivity contribution in [1.29, 1.82) is 0 Å². The Morgan fingerprint density at radius 3 is 2.59 bits per heavy atom. The number of anilines is 1. The number of carbonyl (C=O) groups is 1. The average Bonchev–Trinajstić information content (AvgIpc) is 3.42. The molecule has 9 nitrogen and oxygen atoms in total. The van der Waals surface area contributed by atoms with Crippen molar-refractivity contribution in [3.63, 3.8) is 0 Å². The van der Waals surface area contributed by atoms with Gasteiger partial charge in [0.1, 0.15) is 34.2 Å². The second-order valence-corrected chi connectivity index (χ2v) is 7.53. The van der Waals surface area contributed by atoms with Gasteiger partial charge in [-0.3, -0.25) is 9.36 Å². The SMILES string of the molecule is Cc1nc(Oc2ccc(NC(=O)c3ccc4nsnc4c3)cc2)cc(-n2ccnc2C)n1. The molecule has 158 valence electrons. The first kappa shape index (κ1) is 19.8. The lowest BCUT2D eigenvalue weighted by atomic mass is 10.2. The van der Waals surface area contributed by atoms with E-state index in [-0.39, 0.29) is 5.91 Å². The number of nitrogens with one attached hydrogen (secondary N) is 1. The van der Waals surface area contributed by atoms with Gasteiger partial charge in [-0.15, -0.1) is 0 Å². The van der Waals surface area contributed by atoms with Crippen molar-refractivity contribution in [1.82, 2.24) is 28.3 Å². The van der Waals surface area contributed by atoms with Crippen molar-refractivity contribution in [3.05, 3.63) is 78.1 Å². The molecular weight excluding hydrogens is 426 g/mol. The smallest absolute Gasteiger partial charge is 0.255 e. The van der Waals surface area contributed by atoms with Gasteiger partial charge in [-0.1, -0.05) is 0 Å². The number of rotatable bonds is 5. The molecule has 32 heavy (non-hydrogen) atoms. The van der Waals surface area contributed by atoms with Crippen molar-refractivity contribution in [2.75, 3.05) is 5.32 Å². The highest BCUT2D eigenvalue weighted by Crippen LogP contribution is 2.24. The first-order chi connectivity index (χ1) is 15.5. The van der Waals surface area contributed by atoms with Crippen LogP contribution in [0.1, 0.15) is 22.0 Å². The second kappa shape index (κ2) is 8.16. The molecule has 1 N–H and O–H groups in total. The first-order valence-corrected chi connectivity index (χ1v) is 10.5. The van der Waals surface area contributed by atoms with Gasteiger partial charge in [-0.25, -0.2) is 9.97 Å². The van der Waals surface area contributed by atoms with Gasteiger partial charge < -0.3 is 10.1 Å². The highest BCUT2D eigenvalue weighted by atomic mass is 32.1. The maximum atomic E-state index is 12.6. The molecule has 0 spiro atoms. The summed E-state index contributed by atoms with van der Waals surface area (Å²) in [6, 6.07) is 14.1. The minimum atomic E-state index is -0.222. The van der Waals surface area contributed by atoms with Crippen LogP contribution in [0.2, 0.25) is 0 Å². The molecule has 5 aromatic rings. The maximum Gasteiger partial charge on any atom is 0.255 e. The lowest BCUT2D eigenvalue weighted by Crippen LogP contribution is -2.11. The van der Waals surface area contributed by atoms with Crippen LogP contribution in [-0.4, -0.2) is 34.2 Å². The van der Waals surface area contributed by atoms with Crippen LogP contribution in [-0.2, 0) is 0 Å². The number of hydrogen-bond donors (Lipinski definition) is 1. The lowest BCUT2D eigenvalue weighted by molar-refractivity contribution is 0.102. The third-order valence-corrected chi connectivity index (χ3v) is 5.28. The zero-order chi connectivity index (χ0) is 22.1. The number of aromatic nitrogens is 6. The summed E-state index contributed by atoms with van der Waals surface area (Å²) in [5.41, 5.74) is 2.65. The maximum absolute atomic E-state index is 12.6. The predicted octanol–water partition coefficient (Wildman–Crippen LogP) is 4.33. The topological polar surface area (TPSA) is 108 Å².